The zero-order valence-electron chi connectivity index (χ0n) is 18.7. The van der Waals surface area contributed by atoms with E-state index in [1.54, 1.807) is 37.4 Å². The number of anilines is 1. The molecule has 1 amide bonds. The van der Waals surface area contributed by atoms with Crippen molar-refractivity contribution in [3.63, 3.8) is 0 Å². The Labute approximate surface area is 191 Å². The molecule has 2 aromatic heterocycles. The molecule has 0 atom stereocenters. The normalized spacial score (nSPS) is 20.8. The molecule has 1 fully saturated rings. The fourth-order valence-corrected chi connectivity index (χ4v) is 4.56. The summed E-state index contributed by atoms with van der Waals surface area (Å²) in [5.74, 6) is 0.0285. The van der Waals surface area contributed by atoms with Crippen LogP contribution in [0.2, 0.25) is 0 Å². The van der Waals surface area contributed by atoms with Crippen molar-refractivity contribution in [3.05, 3.63) is 60.4 Å². The quantitative estimate of drug-likeness (QED) is 0.326. The third-order valence-electron chi connectivity index (χ3n) is 6.54. The maximum Gasteiger partial charge on any atom is 0.325 e. The summed E-state index contributed by atoms with van der Waals surface area (Å²) in [6.07, 6.45) is 5.18. The molecular formula is C25H27N4O4+. The van der Waals surface area contributed by atoms with Crippen LogP contribution in [-0.4, -0.2) is 38.7 Å². The summed E-state index contributed by atoms with van der Waals surface area (Å²) in [5.41, 5.74) is 1.32. The highest BCUT2D eigenvalue weighted by Crippen LogP contribution is 2.36. The van der Waals surface area contributed by atoms with Gasteiger partial charge in [0.25, 0.3) is 5.52 Å². The number of amides is 1. The van der Waals surface area contributed by atoms with E-state index in [2.05, 4.69) is 5.32 Å². The van der Waals surface area contributed by atoms with Crippen molar-refractivity contribution in [1.29, 1.82) is 0 Å². The number of hydrogen-bond acceptors (Lipinski definition) is 5. The fourth-order valence-electron chi connectivity index (χ4n) is 4.56. The van der Waals surface area contributed by atoms with Gasteiger partial charge < -0.3 is 15.2 Å². The molecule has 1 aliphatic rings. The van der Waals surface area contributed by atoms with Crippen LogP contribution >= 0.6 is 0 Å². The van der Waals surface area contributed by atoms with Crippen LogP contribution in [0.5, 0.6) is 5.75 Å². The molecule has 0 bridgehead atoms. The molecule has 3 N–H and O–H groups in total. The highest BCUT2D eigenvalue weighted by atomic mass is 16.5. The topological polar surface area (TPSA) is 100 Å². The molecule has 0 radical (unpaired) electrons. The molecule has 2 aromatic carbocycles. The molecule has 33 heavy (non-hydrogen) atoms. The van der Waals surface area contributed by atoms with Crippen molar-refractivity contribution < 1.29 is 24.6 Å². The number of aliphatic hydroxyl groups is 1. The molecule has 0 aliphatic heterocycles. The Morgan fingerprint density at radius 1 is 1.18 bits per heavy atom. The molecule has 1 aliphatic carbocycles. The van der Waals surface area contributed by atoms with Gasteiger partial charge in [-0.1, -0.05) is 12.1 Å². The number of ether oxygens (including phenoxy) is 1. The monoisotopic (exact) mass is 447 g/mol. The molecule has 1 saturated carbocycles. The number of pyridine rings is 1. The molecular weight excluding hydrogens is 420 g/mol. The van der Waals surface area contributed by atoms with Gasteiger partial charge in [-0.3, -0.25) is 14.7 Å². The number of carbonyl (C=O) groups is 1. The Hall–Kier alpha value is -3.65. The van der Waals surface area contributed by atoms with E-state index >= 15 is 0 Å². The number of para-hydroxylation sites is 1. The lowest BCUT2D eigenvalue weighted by molar-refractivity contribution is -0.885. The summed E-state index contributed by atoms with van der Waals surface area (Å²) in [5, 5.41) is 30.1. The number of aromatic nitrogens is 3. The number of hydrogen-bond donors (Lipinski definition) is 3. The Morgan fingerprint density at radius 2 is 1.94 bits per heavy atom. The van der Waals surface area contributed by atoms with Crippen molar-refractivity contribution in [2.24, 2.45) is 0 Å². The Bertz CT molecular complexity index is 1350. The minimum absolute atomic E-state index is 0.112. The zero-order valence-corrected chi connectivity index (χ0v) is 18.7. The first-order valence-corrected chi connectivity index (χ1v) is 11.1. The van der Waals surface area contributed by atoms with Gasteiger partial charge in [-0.2, -0.15) is 5.10 Å². The van der Waals surface area contributed by atoms with Gasteiger partial charge >= 0.3 is 11.6 Å². The number of benzene rings is 2. The van der Waals surface area contributed by atoms with Gasteiger partial charge in [-0.25, -0.2) is 0 Å². The van der Waals surface area contributed by atoms with Crippen LogP contribution < -0.4 is 14.8 Å². The molecule has 5 rings (SSSR count). The number of rotatable bonds is 4. The average molecular weight is 448 g/mol. The number of carbonyl (C=O) groups excluding carboxylic acids is 1. The lowest BCUT2D eigenvalue weighted by Gasteiger charge is -2.33. The average Bonchev–Trinajstić information content (AvgIpc) is 3.21. The number of nitrogens with one attached hydrogen (secondary N) is 1. The minimum Gasteiger partial charge on any atom is -0.494 e. The molecule has 2 heterocycles. The highest BCUT2D eigenvalue weighted by Gasteiger charge is 2.30. The molecule has 8 nitrogen and oxygen atoms in total. The van der Waals surface area contributed by atoms with Crippen molar-refractivity contribution in [2.45, 2.75) is 44.2 Å². The summed E-state index contributed by atoms with van der Waals surface area (Å²) in [6, 6.07) is 14.5. The maximum absolute atomic E-state index is 13.0. The van der Waals surface area contributed by atoms with Gasteiger partial charge in [-0.15, -0.1) is 0 Å². The summed E-state index contributed by atoms with van der Waals surface area (Å²) in [4.78, 5) is 13.0. The first-order valence-electron chi connectivity index (χ1n) is 11.1. The van der Waals surface area contributed by atoms with Crippen molar-refractivity contribution in [3.8, 4) is 5.75 Å². The van der Waals surface area contributed by atoms with Gasteiger partial charge in [0, 0.05) is 34.5 Å². The second kappa shape index (κ2) is 8.04. The van der Waals surface area contributed by atoms with E-state index in [9.17, 15) is 15.1 Å². The second-order valence-electron chi connectivity index (χ2n) is 8.99. The Balaban J connectivity index is 1.44. The summed E-state index contributed by atoms with van der Waals surface area (Å²) >= 11 is 0. The Kier molecular flexibility index (Phi) is 5.17. The van der Waals surface area contributed by atoms with Gasteiger partial charge in [0.2, 0.25) is 0 Å². The van der Waals surface area contributed by atoms with E-state index < -0.39 is 11.5 Å². The first-order chi connectivity index (χ1) is 15.8. The van der Waals surface area contributed by atoms with Gasteiger partial charge in [-0.05, 0) is 50.8 Å². The van der Waals surface area contributed by atoms with Gasteiger partial charge in [0.15, 0.2) is 0 Å². The third kappa shape index (κ3) is 3.98. The van der Waals surface area contributed by atoms with Crippen LogP contribution in [0.1, 0.15) is 49.1 Å². The molecule has 4 aromatic rings. The standard InChI is InChI=1S/C25H26N4O4/c1-25(31)11-9-18(10-12-25)28-15-17-13-20(23(33-2)14-19(17)27-28)26-24(30)22-8-7-16-5-3-4-6-21(16)29(22)32/h3-8,13-15,18,31H,9-12H2,1-2H3,(H-,26,30,32)/p+1. The predicted molar refractivity (Wildman–Crippen MR) is 124 cm³/mol. The highest BCUT2D eigenvalue weighted by molar-refractivity contribution is 6.04. The van der Waals surface area contributed by atoms with Crippen molar-refractivity contribution in [1.82, 2.24) is 9.78 Å². The van der Waals surface area contributed by atoms with E-state index in [0.29, 0.717) is 17.0 Å². The number of fused-ring (bicyclic) bond motifs is 2. The fraction of sp³-hybridized carbons (Fsp3) is 0.320. The minimum atomic E-state index is -0.601. The van der Waals surface area contributed by atoms with Crippen LogP contribution in [0.15, 0.2) is 54.7 Å². The lowest BCUT2D eigenvalue weighted by Crippen LogP contribution is -2.40. The number of methoxy groups -OCH3 is 1. The molecule has 8 heteroatoms. The van der Waals surface area contributed by atoms with Crippen LogP contribution in [0, 0.1) is 0 Å². The van der Waals surface area contributed by atoms with E-state index in [0.717, 1.165) is 46.7 Å². The molecule has 0 spiro atoms. The molecule has 0 unspecified atom stereocenters. The van der Waals surface area contributed by atoms with Crippen molar-refractivity contribution >= 4 is 33.4 Å². The largest absolute Gasteiger partial charge is 0.494 e. The lowest BCUT2D eigenvalue weighted by atomic mass is 9.84. The van der Waals surface area contributed by atoms with E-state index in [1.807, 2.05) is 36.0 Å². The van der Waals surface area contributed by atoms with Crippen LogP contribution in [0.4, 0.5) is 5.69 Å². The maximum atomic E-state index is 13.0. The summed E-state index contributed by atoms with van der Waals surface area (Å²) < 4.78 is 8.36. The number of nitrogens with zero attached hydrogens (tertiary/aromatic N) is 3. The first kappa shape index (κ1) is 21.2. The van der Waals surface area contributed by atoms with E-state index in [-0.39, 0.29) is 11.7 Å². The summed E-state index contributed by atoms with van der Waals surface area (Å²) in [7, 11) is 1.54. The van der Waals surface area contributed by atoms with Crippen molar-refractivity contribution in [2.75, 3.05) is 12.4 Å². The Morgan fingerprint density at radius 3 is 2.70 bits per heavy atom. The molecule has 170 valence electrons. The van der Waals surface area contributed by atoms with Gasteiger partial charge in [0.05, 0.1) is 35.3 Å². The SMILES string of the molecule is COc1cc2nn(C3CCC(C)(O)CC3)cc2cc1NC(=O)c1ccc2ccccc2[n+]1O. The van der Waals surface area contributed by atoms with E-state index in [4.69, 9.17) is 9.84 Å². The van der Waals surface area contributed by atoms with E-state index in [1.165, 1.54) is 0 Å². The second-order valence-corrected chi connectivity index (χ2v) is 8.99. The smallest absolute Gasteiger partial charge is 0.325 e. The zero-order chi connectivity index (χ0) is 23.2. The molecule has 0 saturated heterocycles. The third-order valence-corrected chi connectivity index (χ3v) is 6.54. The van der Waals surface area contributed by atoms with Gasteiger partial charge in [0.1, 0.15) is 5.75 Å². The van der Waals surface area contributed by atoms with Crippen LogP contribution in [0.3, 0.4) is 0 Å². The predicted octanol–water partition coefficient (Wildman–Crippen LogP) is 3.84. The summed E-state index contributed by atoms with van der Waals surface area (Å²) in [6.45, 7) is 1.88. The van der Waals surface area contributed by atoms with Crippen LogP contribution in [0.25, 0.3) is 21.8 Å². The van der Waals surface area contributed by atoms with Crippen LogP contribution in [-0.2, 0) is 0 Å².